The Labute approximate surface area is 101 Å². The average molecular weight is 279 g/mol. The Morgan fingerprint density at radius 1 is 1.50 bits per heavy atom. The van der Waals surface area contributed by atoms with Crippen LogP contribution in [0.25, 0.3) is 0 Å². The van der Waals surface area contributed by atoms with Crippen LogP contribution in [-0.2, 0) is 9.53 Å². The topological polar surface area (TPSA) is 73.9 Å². The van der Waals surface area contributed by atoms with Crippen molar-refractivity contribution in [1.82, 2.24) is 0 Å². The SMILES string of the molecule is COC(=O)[C@H](C#N)c1cc(Br)ccc1C#N. The molecule has 0 bridgehead atoms. The van der Waals surface area contributed by atoms with Gasteiger partial charge in [0, 0.05) is 4.47 Å². The van der Waals surface area contributed by atoms with Crippen molar-refractivity contribution in [2.75, 3.05) is 7.11 Å². The highest BCUT2D eigenvalue weighted by atomic mass is 79.9. The maximum absolute atomic E-state index is 11.4. The van der Waals surface area contributed by atoms with Gasteiger partial charge in [-0.05, 0) is 23.8 Å². The summed E-state index contributed by atoms with van der Waals surface area (Å²) in [5.41, 5.74) is 0.645. The summed E-state index contributed by atoms with van der Waals surface area (Å²) in [5.74, 6) is -1.74. The highest BCUT2D eigenvalue weighted by Crippen LogP contribution is 2.24. The number of nitriles is 2. The molecular weight excluding hydrogens is 272 g/mol. The molecule has 0 aliphatic heterocycles. The van der Waals surface area contributed by atoms with E-state index in [2.05, 4.69) is 20.7 Å². The van der Waals surface area contributed by atoms with E-state index in [4.69, 9.17) is 10.5 Å². The van der Waals surface area contributed by atoms with Gasteiger partial charge in [-0.25, -0.2) is 0 Å². The molecule has 16 heavy (non-hydrogen) atoms. The van der Waals surface area contributed by atoms with Crippen molar-refractivity contribution in [2.24, 2.45) is 0 Å². The number of halogens is 1. The highest BCUT2D eigenvalue weighted by Gasteiger charge is 2.24. The zero-order chi connectivity index (χ0) is 12.1. The Morgan fingerprint density at radius 3 is 2.69 bits per heavy atom. The number of hydrogen-bond acceptors (Lipinski definition) is 4. The summed E-state index contributed by atoms with van der Waals surface area (Å²) in [6.45, 7) is 0. The van der Waals surface area contributed by atoms with Gasteiger partial charge >= 0.3 is 5.97 Å². The molecule has 0 saturated heterocycles. The van der Waals surface area contributed by atoms with Gasteiger partial charge in [-0.1, -0.05) is 15.9 Å². The van der Waals surface area contributed by atoms with E-state index in [0.717, 1.165) is 0 Å². The first-order valence-corrected chi connectivity index (χ1v) is 5.10. The Bertz CT molecular complexity index is 500. The maximum atomic E-state index is 11.4. The predicted molar refractivity (Wildman–Crippen MR) is 59.2 cm³/mol. The van der Waals surface area contributed by atoms with Crippen LogP contribution in [0.5, 0.6) is 0 Å². The lowest BCUT2D eigenvalue weighted by Gasteiger charge is -2.09. The average Bonchev–Trinajstić information content (AvgIpc) is 2.30. The van der Waals surface area contributed by atoms with Crippen LogP contribution in [-0.4, -0.2) is 13.1 Å². The third-order valence-electron chi connectivity index (χ3n) is 2.01. The van der Waals surface area contributed by atoms with E-state index >= 15 is 0 Å². The van der Waals surface area contributed by atoms with Gasteiger partial charge in [0.05, 0.1) is 24.8 Å². The number of methoxy groups -OCH3 is 1. The Morgan fingerprint density at radius 2 is 2.19 bits per heavy atom. The van der Waals surface area contributed by atoms with Crippen molar-refractivity contribution >= 4 is 21.9 Å². The summed E-state index contributed by atoms with van der Waals surface area (Å²) in [7, 11) is 1.21. The van der Waals surface area contributed by atoms with Gasteiger partial charge in [-0.2, -0.15) is 10.5 Å². The number of rotatable bonds is 2. The van der Waals surface area contributed by atoms with E-state index < -0.39 is 11.9 Å². The lowest BCUT2D eigenvalue weighted by atomic mass is 9.96. The van der Waals surface area contributed by atoms with Crippen molar-refractivity contribution in [3.8, 4) is 12.1 Å². The van der Waals surface area contributed by atoms with Crippen LogP contribution >= 0.6 is 15.9 Å². The normalized spacial score (nSPS) is 11.0. The Hall–Kier alpha value is -1.85. The smallest absolute Gasteiger partial charge is 0.327 e. The van der Waals surface area contributed by atoms with E-state index in [1.807, 2.05) is 12.1 Å². The molecule has 0 radical (unpaired) electrons. The molecule has 0 aliphatic rings. The molecule has 0 saturated carbocycles. The second kappa shape index (κ2) is 5.29. The molecule has 0 unspecified atom stereocenters. The molecule has 0 heterocycles. The van der Waals surface area contributed by atoms with Crippen molar-refractivity contribution in [3.05, 3.63) is 33.8 Å². The summed E-state index contributed by atoms with van der Waals surface area (Å²) in [6.07, 6.45) is 0. The van der Waals surface area contributed by atoms with E-state index in [9.17, 15) is 4.79 Å². The number of nitrogens with zero attached hydrogens (tertiary/aromatic N) is 2. The molecule has 0 spiro atoms. The molecule has 80 valence electrons. The largest absolute Gasteiger partial charge is 0.468 e. The predicted octanol–water partition coefficient (Wildman–Crippen LogP) is 2.10. The molecule has 1 atom stereocenters. The van der Waals surface area contributed by atoms with Crippen LogP contribution in [0.3, 0.4) is 0 Å². The van der Waals surface area contributed by atoms with Gasteiger partial charge in [0.15, 0.2) is 5.92 Å². The monoisotopic (exact) mass is 278 g/mol. The van der Waals surface area contributed by atoms with Gasteiger partial charge < -0.3 is 4.74 Å². The van der Waals surface area contributed by atoms with Gasteiger partial charge in [-0.3, -0.25) is 4.79 Å². The molecule has 0 amide bonds. The molecule has 1 aromatic carbocycles. The van der Waals surface area contributed by atoms with Crippen LogP contribution < -0.4 is 0 Å². The molecule has 4 nitrogen and oxygen atoms in total. The number of carbonyl (C=O) groups is 1. The number of hydrogen-bond donors (Lipinski definition) is 0. The van der Waals surface area contributed by atoms with Crippen molar-refractivity contribution in [1.29, 1.82) is 10.5 Å². The molecule has 1 aromatic rings. The molecule has 1 rings (SSSR count). The third kappa shape index (κ3) is 2.39. The standard InChI is InChI=1S/C11H7BrN2O2/c1-16-11(15)10(6-14)9-4-8(12)3-2-7(9)5-13/h2-4,10H,1H3/t10-/m1/s1. The summed E-state index contributed by atoms with van der Waals surface area (Å²) in [4.78, 5) is 11.4. The second-order valence-corrected chi connectivity index (χ2v) is 3.84. The minimum atomic E-state index is -1.07. The maximum Gasteiger partial charge on any atom is 0.327 e. The van der Waals surface area contributed by atoms with E-state index in [1.165, 1.54) is 7.11 Å². The van der Waals surface area contributed by atoms with Crippen molar-refractivity contribution < 1.29 is 9.53 Å². The number of ether oxygens (including phenoxy) is 1. The molecule has 5 heteroatoms. The number of esters is 1. The molecule has 0 fully saturated rings. The summed E-state index contributed by atoms with van der Waals surface area (Å²) >= 11 is 3.22. The fraction of sp³-hybridized carbons (Fsp3) is 0.182. The number of carbonyl (C=O) groups excluding carboxylic acids is 1. The zero-order valence-corrected chi connectivity index (χ0v) is 9.98. The fourth-order valence-corrected chi connectivity index (χ4v) is 1.62. The molecule has 0 aliphatic carbocycles. The van der Waals surface area contributed by atoms with Gasteiger partial charge in [0.1, 0.15) is 0 Å². The summed E-state index contributed by atoms with van der Waals surface area (Å²) < 4.78 is 5.21. The van der Waals surface area contributed by atoms with Crippen LogP contribution in [0, 0.1) is 22.7 Å². The third-order valence-corrected chi connectivity index (χ3v) is 2.50. The molecule has 0 N–H and O–H groups in total. The Kier molecular flexibility index (Phi) is 4.04. The van der Waals surface area contributed by atoms with Crippen LogP contribution in [0.15, 0.2) is 22.7 Å². The van der Waals surface area contributed by atoms with Crippen LogP contribution in [0.4, 0.5) is 0 Å². The summed E-state index contributed by atoms with van der Waals surface area (Å²) in [6, 6.07) is 8.56. The van der Waals surface area contributed by atoms with Gasteiger partial charge in [0.25, 0.3) is 0 Å². The lowest BCUT2D eigenvalue weighted by Crippen LogP contribution is -2.13. The van der Waals surface area contributed by atoms with Crippen LogP contribution in [0.2, 0.25) is 0 Å². The van der Waals surface area contributed by atoms with E-state index in [-0.39, 0.29) is 0 Å². The first kappa shape index (κ1) is 12.2. The van der Waals surface area contributed by atoms with Crippen molar-refractivity contribution in [2.45, 2.75) is 5.92 Å². The van der Waals surface area contributed by atoms with E-state index in [0.29, 0.717) is 15.6 Å². The molecular formula is C11H7BrN2O2. The highest BCUT2D eigenvalue weighted by molar-refractivity contribution is 9.10. The van der Waals surface area contributed by atoms with Gasteiger partial charge in [-0.15, -0.1) is 0 Å². The van der Waals surface area contributed by atoms with Crippen molar-refractivity contribution in [3.63, 3.8) is 0 Å². The Balaban J connectivity index is 3.31. The minimum Gasteiger partial charge on any atom is -0.468 e. The second-order valence-electron chi connectivity index (χ2n) is 2.93. The lowest BCUT2D eigenvalue weighted by molar-refractivity contribution is -0.141. The van der Waals surface area contributed by atoms with Crippen LogP contribution in [0.1, 0.15) is 17.0 Å². The molecule has 0 aromatic heterocycles. The number of benzene rings is 1. The zero-order valence-electron chi connectivity index (χ0n) is 8.40. The quantitative estimate of drug-likeness (QED) is 0.777. The van der Waals surface area contributed by atoms with Gasteiger partial charge in [0.2, 0.25) is 0 Å². The van der Waals surface area contributed by atoms with E-state index in [1.54, 1.807) is 18.2 Å². The fourth-order valence-electron chi connectivity index (χ4n) is 1.24. The first-order chi connectivity index (χ1) is 7.63. The minimum absolute atomic E-state index is 0.292. The summed E-state index contributed by atoms with van der Waals surface area (Å²) in [5, 5.41) is 17.8. The first-order valence-electron chi connectivity index (χ1n) is 4.31.